The van der Waals surface area contributed by atoms with Crippen LogP contribution in [-0.4, -0.2) is 66.2 Å². The number of fused-ring (bicyclic) bond motifs is 1. The number of urea groups is 1. The van der Waals surface area contributed by atoms with Gasteiger partial charge in [0.25, 0.3) is 5.91 Å². The van der Waals surface area contributed by atoms with Gasteiger partial charge in [0.1, 0.15) is 12.1 Å². The molecule has 1 heterocycles. The quantitative estimate of drug-likeness (QED) is 0.285. The molecular weight excluding hydrogens is 438 g/mol. The maximum atomic E-state index is 13.8. The Morgan fingerprint density at radius 1 is 1.09 bits per heavy atom. The molecule has 3 rings (SSSR count). The minimum atomic E-state index is -0.814. The number of amides is 5. The average molecular weight is 476 g/mol. The number of rotatable bonds is 9. The average Bonchev–Trinajstić information content (AvgIpc) is 3.40. The van der Waals surface area contributed by atoms with E-state index in [0.29, 0.717) is 6.54 Å². The lowest BCUT2D eigenvalue weighted by Crippen LogP contribution is -2.60. The first-order valence-electron chi connectivity index (χ1n) is 12.2. The van der Waals surface area contributed by atoms with E-state index in [2.05, 4.69) is 22.5 Å². The van der Waals surface area contributed by atoms with E-state index in [1.807, 2.05) is 6.92 Å². The molecule has 10 nitrogen and oxygen atoms in total. The summed E-state index contributed by atoms with van der Waals surface area (Å²) >= 11 is 0. The summed E-state index contributed by atoms with van der Waals surface area (Å²) in [6.45, 7) is 5.61. The van der Waals surface area contributed by atoms with E-state index >= 15 is 0 Å². The smallest absolute Gasteiger partial charge is 0.312 e. The number of primary amides is 1. The van der Waals surface area contributed by atoms with Gasteiger partial charge in [-0.15, -0.1) is 6.58 Å². The van der Waals surface area contributed by atoms with Gasteiger partial charge in [-0.05, 0) is 42.9 Å². The van der Waals surface area contributed by atoms with Gasteiger partial charge in [-0.2, -0.15) is 0 Å². The fraction of sp³-hybridized carbons (Fsp3) is 0.708. The highest BCUT2D eigenvalue weighted by Gasteiger charge is 2.52. The lowest BCUT2D eigenvalue weighted by Gasteiger charge is -2.42. The Morgan fingerprint density at radius 3 is 2.44 bits per heavy atom. The fourth-order valence-electron chi connectivity index (χ4n) is 5.97. The molecule has 2 saturated carbocycles. The molecule has 0 radical (unpaired) electrons. The normalized spacial score (nSPS) is 26.1. The SMILES string of the molecule is C=CCNC(=O)C(=O)CNC(=O)[C@@H]1[C@H]2CCC[C@H]2CN1C(=O)[C@@H](NC(N)=O)C1(C)CCCCC1. The van der Waals surface area contributed by atoms with Gasteiger partial charge in [-0.1, -0.05) is 38.7 Å². The molecule has 1 saturated heterocycles. The van der Waals surface area contributed by atoms with Crippen molar-refractivity contribution in [3.05, 3.63) is 12.7 Å². The molecule has 10 heteroatoms. The maximum absolute atomic E-state index is 13.8. The molecule has 5 amide bonds. The molecule has 3 fully saturated rings. The monoisotopic (exact) mass is 475 g/mol. The number of nitrogens with two attached hydrogens (primary N) is 1. The van der Waals surface area contributed by atoms with Gasteiger partial charge < -0.3 is 26.6 Å². The minimum absolute atomic E-state index is 0.0120. The van der Waals surface area contributed by atoms with Crippen LogP contribution < -0.4 is 21.7 Å². The molecule has 2 aliphatic carbocycles. The van der Waals surface area contributed by atoms with E-state index in [1.54, 1.807) is 4.90 Å². The molecule has 188 valence electrons. The van der Waals surface area contributed by atoms with Crippen molar-refractivity contribution in [3.8, 4) is 0 Å². The summed E-state index contributed by atoms with van der Waals surface area (Å²) in [5, 5.41) is 7.63. The van der Waals surface area contributed by atoms with Gasteiger partial charge in [0, 0.05) is 13.1 Å². The summed E-state index contributed by atoms with van der Waals surface area (Å²) in [7, 11) is 0. The molecule has 0 aromatic heterocycles. The molecule has 0 unspecified atom stereocenters. The van der Waals surface area contributed by atoms with Crippen LogP contribution in [0.5, 0.6) is 0 Å². The van der Waals surface area contributed by atoms with Crippen molar-refractivity contribution < 1.29 is 24.0 Å². The summed E-state index contributed by atoms with van der Waals surface area (Å²) in [5.74, 6) is -2.12. The van der Waals surface area contributed by atoms with Crippen molar-refractivity contribution in [1.82, 2.24) is 20.9 Å². The second kappa shape index (κ2) is 11.0. The summed E-state index contributed by atoms with van der Waals surface area (Å²) in [5.41, 5.74) is 5.00. The molecule has 4 atom stereocenters. The van der Waals surface area contributed by atoms with Crippen molar-refractivity contribution >= 4 is 29.5 Å². The predicted octanol–water partition coefficient (Wildman–Crippen LogP) is 0.608. The summed E-state index contributed by atoms with van der Waals surface area (Å²) in [6.07, 6.45) is 8.75. The second-order valence-corrected chi connectivity index (χ2v) is 10.1. The van der Waals surface area contributed by atoms with E-state index in [-0.39, 0.29) is 24.3 Å². The molecule has 5 N–H and O–H groups in total. The van der Waals surface area contributed by atoms with Crippen LogP contribution in [0.15, 0.2) is 12.7 Å². The summed E-state index contributed by atoms with van der Waals surface area (Å²) in [4.78, 5) is 64.4. The number of Topliss-reactive ketones (excluding diaryl/α,β-unsaturated/α-hetero) is 1. The molecule has 34 heavy (non-hydrogen) atoms. The van der Waals surface area contributed by atoms with Crippen molar-refractivity contribution in [2.75, 3.05) is 19.6 Å². The zero-order valence-corrected chi connectivity index (χ0v) is 19.9. The number of hydrogen-bond acceptors (Lipinski definition) is 5. The predicted molar refractivity (Wildman–Crippen MR) is 125 cm³/mol. The molecule has 3 aliphatic rings. The minimum Gasteiger partial charge on any atom is -0.352 e. The summed E-state index contributed by atoms with van der Waals surface area (Å²) < 4.78 is 0. The Morgan fingerprint density at radius 2 is 1.79 bits per heavy atom. The highest BCUT2D eigenvalue weighted by Crippen LogP contribution is 2.45. The topological polar surface area (TPSA) is 151 Å². The molecule has 0 spiro atoms. The Labute approximate surface area is 200 Å². The maximum Gasteiger partial charge on any atom is 0.312 e. The van der Waals surface area contributed by atoms with Crippen LogP contribution in [0.1, 0.15) is 58.3 Å². The van der Waals surface area contributed by atoms with Crippen molar-refractivity contribution in [2.45, 2.75) is 70.4 Å². The third-order valence-corrected chi connectivity index (χ3v) is 7.75. The fourth-order valence-corrected chi connectivity index (χ4v) is 5.97. The Kier molecular flexibility index (Phi) is 8.33. The van der Waals surface area contributed by atoms with E-state index in [4.69, 9.17) is 5.73 Å². The molecule has 0 aromatic rings. The third-order valence-electron chi connectivity index (χ3n) is 7.75. The Hall–Kier alpha value is -2.91. The van der Waals surface area contributed by atoms with Crippen LogP contribution in [-0.2, 0) is 19.2 Å². The molecule has 0 bridgehead atoms. The Balaban J connectivity index is 1.76. The van der Waals surface area contributed by atoms with Crippen LogP contribution in [0.2, 0.25) is 0 Å². The van der Waals surface area contributed by atoms with E-state index in [1.165, 1.54) is 6.08 Å². The van der Waals surface area contributed by atoms with E-state index in [9.17, 15) is 24.0 Å². The van der Waals surface area contributed by atoms with E-state index < -0.39 is 47.7 Å². The Bertz CT molecular complexity index is 838. The molecule has 1 aliphatic heterocycles. The first-order valence-corrected chi connectivity index (χ1v) is 12.2. The first-order chi connectivity index (χ1) is 16.2. The number of nitrogens with one attached hydrogen (secondary N) is 3. The van der Waals surface area contributed by atoms with Gasteiger partial charge in [-0.25, -0.2) is 4.79 Å². The number of ketones is 1. The number of carbonyl (C=O) groups is 5. The lowest BCUT2D eigenvalue weighted by atomic mass is 9.70. The van der Waals surface area contributed by atoms with Crippen LogP contribution >= 0.6 is 0 Å². The first kappa shape index (κ1) is 25.7. The zero-order valence-electron chi connectivity index (χ0n) is 19.9. The highest BCUT2D eigenvalue weighted by atomic mass is 16.2. The van der Waals surface area contributed by atoms with Crippen LogP contribution in [0.25, 0.3) is 0 Å². The zero-order chi connectivity index (χ0) is 24.9. The third kappa shape index (κ3) is 5.59. The van der Waals surface area contributed by atoms with Crippen LogP contribution in [0.3, 0.4) is 0 Å². The van der Waals surface area contributed by atoms with Gasteiger partial charge in [0.2, 0.25) is 17.6 Å². The molecular formula is C24H37N5O5. The van der Waals surface area contributed by atoms with Crippen molar-refractivity contribution in [2.24, 2.45) is 23.0 Å². The van der Waals surface area contributed by atoms with Gasteiger partial charge >= 0.3 is 6.03 Å². The second-order valence-electron chi connectivity index (χ2n) is 10.1. The lowest BCUT2D eigenvalue weighted by molar-refractivity contribution is -0.144. The van der Waals surface area contributed by atoms with Crippen molar-refractivity contribution in [1.29, 1.82) is 0 Å². The van der Waals surface area contributed by atoms with Gasteiger partial charge in [0.05, 0.1) is 6.54 Å². The standard InChI is InChI=1S/C24H37N5O5/c1-3-12-26-20(31)17(30)13-27-21(32)18-16-9-7-8-15(16)14-29(18)22(33)19(28-23(25)34)24(2)10-5-4-6-11-24/h3,15-16,18-19H,1,4-14H2,2H3,(H,26,31)(H,27,32)(H3,25,28,34)/t15-,16-,18-,19+/m0/s1. The number of nitrogens with zero attached hydrogens (tertiary/aromatic N) is 1. The number of likely N-dealkylation sites (tertiary alicyclic amines) is 1. The largest absolute Gasteiger partial charge is 0.352 e. The van der Waals surface area contributed by atoms with Crippen LogP contribution in [0.4, 0.5) is 4.79 Å². The van der Waals surface area contributed by atoms with E-state index in [0.717, 1.165) is 51.4 Å². The highest BCUT2D eigenvalue weighted by molar-refractivity contribution is 6.37. The van der Waals surface area contributed by atoms with Gasteiger partial charge in [0.15, 0.2) is 0 Å². The van der Waals surface area contributed by atoms with Gasteiger partial charge in [-0.3, -0.25) is 19.2 Å². The van der Waals surface area contributed by atoms with Crippen LogP contribution in [0, 0.1) is 17.3 Å². The number of hydrogen-bond donors (Lipinski definition) is 4. The van der Waals surface area contributed by atoms with Crippen molar-refractivity contribution in [3.63, 3.8) is 0 Å². The summed E-state index contributed by atoms with van der Waals surface area (Å²) in [6, 6.07) is -2.32. The number of carbonyl (C=O) groups excluding carboxylic acids is 5. The molecule has 0 aromatic carbocycles.